The van der Waals surface area contributed by atoms with Crippen molar-refractivity contribution in [3.05, 3.63) is 23.1 Å². The van der Waals surface area contributed by atoms with E-state index in [2.05, 4.69) is 41.8 Å². The second-order valence-corrected chi connectivity index (χ2v) is 6.14. The largest absolute Gasteiger partial charge is 0.329 e. The van der Waals surface area contributed by atoms with Gasteiger partial charge in [-0.1, -0.05) is 6.42 Å². The molecule has 0 unspecified atom stereocenters. The van der Waals surface area contributed by atoms with E-state index in [-0.39, 0.29) is 0 Å². The van der Waals surface area contributed by atoms with E-state index in [9.17, 15) is 0 Å². The van der Waals surface area contributed by atoms with E-state index >= 15 is 0 Å². The van der Waals surface area contributed by atoms with Crippen LogP contribution in [0.15, 0.2) is 23.1 Å². The first-order valence-electron chi connectivity index (χ1n) is 7.03. The number of fused-ring (bicyclic) bond motifs is 1. The molecule has 0 aliphatic carbocycles. The van der Waals surface area contributed by atoms with E-state index in [0.29, 0.717) is 6.04 Å². The summed E-state index contributed by atoms with van der Waals surface area (Å²) in [5.41, 5.74) is 1.95. The molecular formula is C14H19BrN4. The highest BCUT2D eigenvalue weighted by molar-refractivity contribution is 9.10. The van der Waals surface area contributed by atoms with Crippen molar-refractivity contribution < 1.29 is 0 Å². The number of hydrogen-bond acceptors (Lipinski definition) is 3. The molecule has 0 saturated carbocycles. The second kappa shape index (κ2) is 6.01. The van der Waals surface area contributed by atoms with E-state index in [1.165, 1.54) is 38.6 Å². The zero-order valence-corrected chi connectivity index (χ0v) is 12.6. The van der Waals surface area contributed by atoms with Crippen molar-refractivity contribution in [3.8, 4) is 0 Å². The first-order valence-corrected chi connectivity index (χ1v) is 7.82. The van der Waals surface area contributed by atoms with Gasteiger partial charge in [0.15, 0.2) is 5.65 Å². The summed E-state index contributed by atoms with van der Waals surface area (Å²) < 4.78 is 3.21. The summed E-state index contributed by atoms with van der Waals surface area (Å²) in [6.45, 7) is 2.21. The van der Waals surface area contributed by atoms with Gasteiger partial charge in [-0.15, -0.1) is 0 Å². The number of nitrogens with zero attached hydrogens (tertiary/aromatic N) is 3. The van der Waals surface area contributed by atoms with Crippen molar-refractivity contribution in [1.29, 1.82) is 0 Å². The number of aryl methyl sites for hydroxylation is 1. The summed E-state index contributed by atoms with van der Waals surface area (Å²) >= 11 is 3.47. The number of aromatic nitrogens is 3. The Kier molecular flexibility index (Phi) is 4.13. The van der Waals surface area contributed by atoms with Crippen LogP contribution in [0.2, 0.25) is 0 Å². The molecule has 0 radical (unpaired) electrons. The molecule has 2 aromatic heterocycles. The maximum absolute atomic E-state index is 4.34. The van der Waals surface area contributed by atoms with E-state index in [4.69, 9.17) is 0 Å². The zero-order chi connectivity index (χ0) is 13.1. The third kappa shape index (κ3) is 3.15. The average molecular weight is 323 g/mol. The second-order valence-electron chi connectivity index (χ2n) is 5.22. The van der Waals surface area contributed by atoms with Crippen LogP contribution in [-0.4, -0.2) is 27.1 Å². The normalized spacial score (nSPS) is 19.9. The van der Waals surface area contributed by atoms with Gasteiger partial charge < -0.3 is 9.88 Å². The van der Waals surface area contributed by atoms with Crippen molar-refractivity contribution in [2.24, 2.45) is 0 Å². The van der Waals surface area contributed by atoms with Gasteiger partial charge in [-0.05, 0) is 54.2 Å². The summed E-state index contributed by atoms with van der Waals surface area (Å²) in [7, 11) is 0. The zero-order valence-electron chi connectivity index (χ0n) is 11.0. The molecule has 1 saturated heterocycles. The van der Waals surface area contributed by atoms with Crippen LogP contribution >= 0.6 is 15.9 Å². The van der Waals surface area contributed by atoms with Gasteiger partial charge in [0.05, 0.1) is 11.8 Å². The third-order valence-electron chi connectivity index (χ3n) is 3.81. The molecule has 4 nitrogen and oxygen atoms in total. The number of pyridine rings is 1. The fourth-order valence-electron chi connectivity index (χ4n) is 2.78. The molecule has 5 heteroatoms. The van der Waals surface area contributed by atoms with Crippen molar-refractivity contribution >= 4 is 27.1 Å². The fraction of sp³-hybridized carbons (Fsp3) is 0.571. The summed E-state index contributed by atoms with van der Waals surface area (Å²) in [6.07, 6.45) is 10.2. The Hall–Kier alpha value is -0.940. The minimum Gasteiger partial charge on any atom is -0.329 e. The van der Waals surface area contributed by atoms with Crippen LogP contribution in [0.3, 0.4) is 0 Å². The van der Waals surface area contributed by atoms with Gasteiger partial charge in [0.25, 0.3) is 0 Å². The van der Waals surface area contributed by atoms with E-state index in [1.54, 1.807) is 6.20 Å². The van der Waals surface area contributed by atoms with E-state index in [0.717, 1.165) is 22.2 Å². The highest BCUT2D eigenvalue weighted by Crippen LogP contribution is 2.18. The van der Waals surface area contributed by atoms with Gasteiger partial charge in [0, 0.05) is 23.3 Å². The van der Waals surface area contributed by atoms with Gasteiger partial charge in [0.1, 0.15) is 0 Å². The van der Waals surface area contributed by atoms with E-state index < -0.39 is 0 Å². The molecule has 3 heterocycles. The van der Waals surface area contributed by atoms with Crippen LogP contribution in [0, 0.1) is 0 Å². The van der Waals surface area contributed by atoms with Crippen LogP contribution in [0.25, 0.3) is 11.2 Å². The molecule has 2 aromatic rings. The summed E-state index contributed by atoms with van der Waals surface area (Å²) in [5.74, 6) is 0. The Morgan fingerprint density at radius 1 is 1.37 bits per heavy atom. The molecule has 0 aromatic carbocycles. The highest BCUT2D eigenvalue weighted by Gasteiger charge is 2.12. The monoisotopic (exact) mass is 322 g/mol. The van der Waals surface area contributed by atoms with Crippen LogP contribution in [0.1, 0.15) is 32.1 Å². The van der Waals surface area contributed by atoms with Crippen LogP contribution < -0.4 is 5.32 Å². The average Bonchev–Trinajstić information content (AvgIpc) is 2.83. The van der Waals surface area contributed by atoms with Gasteiger partial charge in [0.2, 0.25) is 0 Å². The number of rotatable bonds is 4. The number of piperidine rings is 1. The lowest BCUT2D eigenvalue weighted by Crippen LogP contribution is -2.33. The van der Waals surface area contributed by atoms with Gasteiger partial charge in [-0.2, -0.15) is 0 Å². The predicted molar refractivity (Wildman–Crippen MR) is 80.1 cm³/mol. The molecule has 1 atom stereocenters. The fourth-order valence-corrected chi connectivity index (χ4v) is 3.09. The molecule has 1 fully saturated rings. The number of hydrogen-bond donors (Lipinski definition) is 1. The van der Waals surface area contributed by atoms with Crippen LogP contribution in [0.4, 0.5) is 0 Å². The van der Waals surface area contributed by atoms with Crippen molar-refractivity contribution in [2.45, 2.75) is 44.7 Å². The van der Waals surface area contributed by atoms with Crippen molar-refractivity contribution in [2.75, 3.05) is 6.54 Å². The first kappa shape index (κ1) is 13.1. The number of halogens is 1. The quantitative estimate of drug-likeness (QED) is 0.940. The third-order valence-corrected chi connectivity index (χ3v) is 4.24. The van der Waals surface area contributed by atoms with Gasteiger partial charge >= 0.3 is 0 Å². The standard InChI is InChI=1S/C14H19BrN4/c15-11-8-13-14(17-9-11)18-10-19(13)7-3-5-12-4-1-2-6-16-12/h8-10,12,16H,1-7H2/t12-/m0/s1. The van der Waals surface area contributed by atoms with Gasteiger partial charge in [-0.25, -0.2) is 9.97 Å². The predicted octanol–water partition coefficient (Wildman–Crippen LogP) is 3.12. The highest BCUT2D eigenvalue weighted by atomic mass is 79.9. The minimum absolute atomic E-state index is 0.716. The topological polar surface area (TPSA) is 42.7 Å². The Labute approximate surface area is 121 Å². The Morgan fingerprint density at radius 2 is 2.32 bits per heavy atom. The molecule has 0 amide bonds. The molecule has 0 spiro atoms. The Balaban J connectivity index is 1.60. The summed E-state index contributed by atoms with van der Waals surface area (Å²) in [6, 6.07) is 2.81. The number of nitrogens with one attached hydrogen (secondary N) is 1. The smallest absolute Gasteiger partial charge is 0.177 e. The lowest BCUT2D eigenvalue weighted by Gasteiger charge is -2.23. The summed E-state index contributed by atoms with van der Waals surface area (Å²) in [4.78, 5) is 8.65. The molecule has 102 valence electrons. The molecular weight excluding hydrogens is 304 g/mol. The summed E-state index contributed by atoms with van der Waals surface area (Å²) in [5, 5.41) is 3.60. The first-order chi connectivity index (χ1) is 9.33. The molecule has 1 aliphatic rings. The molecule has 1 N–H and O–H groups in total. The molecule has 19 heavy (non-hydrogen) atoms. The SMILES string of the molecule is Brc1cnc2ncn(CCC[C@@H]3CCCCN3)c2c1. The van der Waals surface area contributed by atoms with Crippen LogP contribution in [-0.2, 0) is 6.54 Å². The Morgan fingerprint density at radius 3 is 3.16 bits per heavy atom. The Bertz CT molecular complexity index is 545. The van der Waals surface area contributed by atoms with Crippen molar-refractivity contribution in [1.82, 2.24) is 19.9 Å². The van der Waals surface area contributed by atoms with Crippen LogP contribution in [0.5, 0.6) is 0 Å². The van der Waals surface area contributed by atoms with Crippen molar-refractivity contribution in [3.63, 3.8) is 0 Å². The molecule has 3 rings (SSSR count). The lowest BCUT2D eigenvalue weighted by molar-refractivity contribution is 0.369. The van der Waals surface area contributed by atoms with E-state index in [1.807, 2.05) is 6.33 Å². The van der Waals surface area contributed by atoms with Gasteiger partial charge in [-0.3, -0.25) is 0 Å². The number of imidazole rings is 1. The maximum Gasteiger partial charge on any atom is 0.177 e. The minimum atomic E-state index is 0.716. The maximum atomic E-state index is 4.34. The molecule has 1 aliphatic heterocycles. The molecule has 0 bridgehead atoms. The lowest BCUT2D eigenvalue weighted by atomic mass is 10.0.